The minimum absolute atomic E-state index is 0.0584. The van der Waals surface area contributed by atoms with Crippen molar-refractivity contribution in [1.29, 1.82) is 0 Å². The number of methoxy groups -OCH3 is 2. The molecular weight excluding hydrogens is 372 g/mol. The normalized spacial score (nSPS) is 14.0. The molecule has 0 aliphatic carbocycles. The van der Waals surface area contributed by atoms with Crippen molar-refractivity contribution in [2.45, 2.75) is 6.42 Å². The quantitative estimate of drug-likeness (QED) is 0.807. The number of hydrogen-bond acceptors (Lipinski definition) is 7. The smallest absolute Gasteiger partial charge is 0.237 e. The van der Waals surface area contributed by atoms with Crippen LogP contribution in [0.4, 0.5) is 11.6 Å². The van der Waals surface area contributed by atoms with Gasteiger partial charge >= 0.3 is 0 Å². The van der Waals surface area contributed by atoms with Gasteiger partial charge in [-0.15, -0.1) is 0 Å². The monoisotopic (exact) mass is 392 g/mol. The summed E-state index contributed by atoms with van der Waals surface area (Å²) < 4.78 is 15.8. The number of nitrogens with one attached hydrogen (secondary N) is 1. The fourth-order valence-corrected chi connectivity index (χ4v) is 2.91. The van der Waals surface area contributed by atoms with Gasteiger partial charge in [0.05, 0.1) is 40.1 Å². The number of carbonyl (C=O) groups is 1. The van der Waals surface area contributed by atoms with Gasteiger partial charge in [0.2, 0.25) is 17.7 Å². The number of anilines is 2. The molecule has 1 amide bonds. The Bertz CT molecular complexity index is 812. The molecule has 3 rings (SSSR count). The number of morpholine rings is 1. The second-order valence-electron chi connectivity index (χ2n) is 5.87. The lowest BCUT2D eigenvalue weighted by atomic mass is 10.1. The summed E-state index contributed by atoms with van der Waals surface area (Å²) in [7, 11) is 3.06. The van der Waals surface area contributed by atoms with Crippen molar-refractivity contribution >= 4 is 29.1 Å². The molecule has 1 saturated heterocycles. The minimum atomic E-state index is 0.0584. The number of aromatic nitrogens is 2. The molecule has 1 aromatic carbocycles. The molecule has 1 aromatic heterocycles. The summed E-state index contributed by atoms with van der Waals surface area (Å²) >= 11 is 5.94. The summed E-state index contributed by atoms with van der Waals surface area (Å²) in [5.41, 5.74) is 1.54. The van der Waals surface area contributed by atoms with Crippen molar-refractivity contribution in [2.24, 2.45) is 0 Å². The highest BCUT2D eigenvalue weighted by atomic mass is 35.5. The van der Waals surface area contributed by atoms with Gasteiger partial charge in [-0.05, 0) is 6.07 Å². The molecule has 2 heterocycles. The first-order valence-corrected chi connectivity index (χ1v) is 8.84. The number of ether oxygens (including phenoxy) is 3. The Morgan fingerprint density at radius 1 is 1.30 bits per heavy atom. The SMILES string of the molecule is COc1cc(Nc2ncc(Cl)c(OC)n2)ccc1CC(=O)N1CCOCC1. The standard InChI is InChI=1S/C18H21ClN4O4/c1-25-15-10-13(21-18-20-11-14(19)17(22-18)26-2)4-3-12(15)9-16(24)23-5-7-27-8-6-23/h3-4,10-11H,5-9H2,1-2H3,(H,20,21,22). The Morgan fingerprint density at radius 2 is 2.07 bits per heavy atom. The van der Waals surface area contributed by atoms with Crippen LogP contribution in [0.5, 0.6) is 11.6 Å². The highest BCUT2D eigenvalue weighted by molar-refractivity contribution is 6.31. The Hall–Kier alpha value is -2.58. The van der Waals surface area contributed by atoms with Gasteiger partial charge in [-0.2, -0.15) is 4.98 Å². The third-order valence-corrected chi connectivity index (χ3v) is 4.41. The lowest BCUT2D eigenvalue weighted by Crippen LogP contribution is -2.41. The second-order valence-corrected chi connectivity index (χ2v) is 6.28. The van der Waals surface area contributed by atoms with Crippen LogP contribution in [-0.4, -0.2) is 61.3 Å². The molecular formula is C18H21ClN4O4. The van der Waals surface area contributed by atoms with E-state index in [0.717, 1.165) is 11.3 Å². The van der Waals surface area contributed by atoms with Gasteiger partial charge in [0.15, 0.2) is 0 Å². The van der Waals surface area contributed by atoms with Crippen molar-refractivity contribution < 1.29 is 19.0 Å². The van der Waals surface area contributed by atoms with Gasteiger partial charge in [0.1, 0.15) is 10.8 Å². The average molecular weight is 393 g/mol. The molecule has 0 saturated carbocycles. The number of halogens is 1. The minimum Gasteiger partial charge on any atom is -0.496 e. The van der Waals surface area contributed by atoms with Gasteiger partial charge in [-0.3, -0.25) is 4.79 Å². The summed E-state index contributed by atoms with van der Waals surface area (Å²) in [4.78, 5) is 22.6. The van der Waals surface area contributed by atoms with Gasteiger partial charge in [0.25, 0.3) is 0 Å². The number of carbonyl (C=O) groups excluding carboxylic acids is 1. The molecule has 0 spiro atoms. The van der Waals surface area contributed by atoms with Crippen LogP contribution in [-0.2, 0) is 16.0 Å². The Balaban J connectivity index is 1.73. The maximum absolute atomic E-state index is 12.5. The molecule has 8 nitrogen and oxygen atoms in total. The van der Waals surface area contributed by atoms with Crippen LogP contribution in [0.1, 0.15) is 5.56 Å². The van der Waals surface area contributed by atoms with E-state index in [1.165, 1.54) is 13.3 Å². The lowest BCUT2D eigenvalue weighted by molar-refractivity contribution is -0.134. The van der Waals surface area contributed by atoms with Crippen LogP contribution in [0.2, 0.25) is 5.02 Å². The van der Waals surface area contributed by atoms with Crippen LogP contribution in [0.3, 0.4) is 0 Å². The topological polar surface area (TPSA) is 85.8 Å². The maximum atomic E-state index is 12.5. The molecule has 1 aliphatic rings. The Labute approximate surface area is 162 Å². The van der Waals surface area contributed by atoms with E-state index in [-0.39, 0.29) is 18.2 Å². The van der Waals surface area contributed by atoms with Crippen LogP contribution in [0, 0.1) is 0 Å². The van der Waals surface area contributed by atoms with Crippen LogP contribution >= 0.6 is 11.6 Å². The van der Waals surface area contributed by atoms with Gasteiger partial charge in [0, 0.05) is 30.4 Å². The number of benzene rings is 1. The van der Waals surface area contributed by atoms with Crippen molar-refractivity contribution in [2.75, 3.05) is 45.8 Å². The Kier molecular flexibility index (Phi) is 6.31. The number of nitrogens with zero attached hydrogens (tertiary/aromatic N) is 3. The lowest BCUT2D eigenvalue weighted by Gasteiger charge is -2.27. The van der Waals surface area contributed by atoms with E-state index in [1.807, 2.05) is 17.0 Å². The van der Waals surface area contributed by atoms with Crippen molar-refractivity contribution in [3.8, 4) is 11.6 Å². The van der Waals surface area contributed by atoms with E-state index >= 15 is 0 Å². The fraction of sp³-hybridized carbons (Fsp3) is 0.389. The average Bonchev–Trinajstić information content (AvgIpc) is 2.71. The first-order valence-electron chi connectivity index (χ1n) is 8.46. The second kappa shape index (κ2) is 8.88. The number of amides is 1. The van der Waals surface area contributed by atoms with E-state index in [0.29, 0.717) is 43.0 Å². The van der Waals surface area contributed by atoms with Crippen LogP contribution in [0.15, 0.2) is 24.4 Å². The van der Waals surface area contributed by atoms with Crippen molar-refractivity contribution in [3.05, 3.63) is 35.0 Å². The predicted molar refractivity (Wildman–Crippen MR) is 101 cm³/mol. The zero-order chi connectivity index (χ0) is 19.2. The summed E-state index contributed by atoms with van der Waals surface area (Å²) in [6.45, 7) is 2.40. The zero-order valence-electron chi connectivity index (χ0n) is 15.2. The molecule has 0 bridgehead atoms. The first kappa shape index (κ1) is 19.2. The summed E-state index contributed by atoms with van der Waals surface area (Å²) in [6.07, 6.45) is 1.73. The fourth-order valence-electron chi connectivity index (χ4n) is 2.74. The van der Waals surface area contributed by atoms with Gasteiger partial charge in [-0.1, -0.05) is 17.7 Å². The largest absolute Gasteiger partial charge is 0.496 e. The van der Waals surface area contributed by atoms with Gasteiger partial charge in [-0.25, -0.2) is 4.98 Å². The summed E-state index contributed by atoms with van der Waals surface area (Å²) in [5, 5.41) is 3.40. The molecule has 0 atom stereocenters. The summed E-state index contributed by atoms with van der Waals surface area (Å²) in [6, 6.07) is 5.49. The van der Waals surface area contributed by atoms with Crippen molar-refractivity contribution in [1.82, 2.24) is 14.9 Å². The summed E-state index contributed by atoms with van der Waals surface area (Å²) in [5.74, 6) is 1.30. The first-order chi connectivity index (χ1) is 13.1. The van der Waals surface area contributed by atoms with E-state index in [1.54, 1.807) is 13.2 Å². The highest BCUT2D eigenvalue weighted by Crippen LogP contribution is 2.27. The molecule has 144 valence electrons. The maximum Gasteiger partial charge on any atom is 0.237 e. The van der Waals surface area contributed by atoms with E-state index in [2.05, 4.69) is 15.3 Å². The van der Waals surface area contributed by atoms with E-state index < -0.39 is 0 Å². The molecule has 2 aromatic rings. The van der Waals surface area contributed by atoms with E-state index in [9.17, 15) is 4.79 Å². The molecule has 27 heavy (non-hydrogen) atoms. The molecule has 1 fully saturated rings. The molecule has 0 unspecified atom stereocenters. The highest BCUT2D eigenvalue weighted by Gasteiger charge is 2.19. The van der Waals surface area contributed by atoms with Crippen molar-refractivity contribution in [3.63, 3.8) is 0 Å². The van der Waals surface area contributed by atoms with E-state index in [4.69, 9.17) is 25.8 Å². The molecule has 1 N–H and O–H groups in total. The third kappa shape index (κ3) is 4.78. The molecule has 9 heteroatoms. The molecule has 1 aliphatic heterocycles. The predicted octanol–water partition coefficient (Wildman–Crippen LogP) is 2.29. The number of hydrogen-bond donors (Lipinski definition) is 1. The van der Waals surface area contributed by atoms with Crippen LogP contribution < -0.4 is 14.8 Å². The Morgan fingerprint density at radius 3 is 2.78 bits per heavy atom. The van der Waals surface area contributed by atoms with Gasteiger partial charge < -0.3 is 24.4 Å². The zero-order valence-corrected chi connectivity index (χ0v) is 16.0. The third-order valence-electron chi connectivity index (χ3n) is 4.15. The van der Waals surface area contributed by atoms with Crippen LogP contribution in [0.25, 0.3) is 0 Å². The number of rotatable bonds is 6. The molecule has 0 radical (unpaired) electrons.